The monoisotopic (exact) mass is 475 g/mol. The van der Waals surface area contributed by atoms with Gasteiger partial charge in [-0.25, -0.2) is 4.98 Å². The van der Waals surface area contributed by atoms with Gasteiger partial charge in [-0.2, -0.15) is 0 Å². The number of hydrogen-bond donors (Lipinski definition) is 0. The number of carbonyl (C=O) groups excluding carboxylic acids is 2. The molecule has 0 fully saturated rings. The average molecular weight is 476 g/mol. The predicted molar refractivity (Wildman–Crippen MR) is 135 cm³/mol. The molecule has 4 aromatic rings. The number of carbonyl (C=O) groups is 2. The second-order valence-corrected chi connectivity index (χ2v) is 10.2. The molecule has 5 nitrogen and oxygen atoms in total. The van der Waals surface area contributed by atoms with Crippen molar-refractivity contribution in [3.05, 3.63) is 82.0 Å². The number of anilines is 1. The number of fused-ring (bicyclic) bond motifs is 2. The minimum atomic E-state index is -0.0495. The molecule has 0 aliphatic carbocycles. The lowest BCUT2D eigenvalue weighted by Crippen LogP contribution is -2.37. The average Bonchev–Trinajstić information content (AvgIpc) is 3.49. The Morgan fingerprint density at radius 1 is 1.00 bits per heavy atom. The van der Waals surface area contributed by atoms with Crippen LogP contribution in [0.5, 0.6) is 0 Å². The summed E-state index contributed by atoms with van der Waals surface area (Å²) in [6, 6.07) is 20.2. The van der Waals surface area contributed by atoms with Crippen LogP contribution in [0, 0.1) is 0 Å². The van der Waals surface area contributed by atoms with Crippen molar-refractivity contribution in [2.75, 3.05) is 18.0 Å². The Bertz CT molecular complexity index is 1230. The molecule has 0 saturated carbocycles. The van der Waals surface area contributed by atoms with Crippen molar-refractivity contribution in [2.45, 2.75) is 32.2 Å². The maximum absolute atomic E-state index is 13.3. The third kappa shape index (κ3) is 4.99. The van der Waals surface area contributed by atoms with E-state index in [0.717, 1.165) is 29.6 Å². The van der Waals surface area contributed by atoms with Crippen LogP contribution in [0.3, 0.4) is 0 Å². The van der Waals surface area contributed by atoms with Crippen molar-refractivity contribution in [3.63, 3.8) is 0 Å². The lowest BCUT2D eigenvalue weighted by Gasteiger charge is -2.27. The summed E-state index contributed by atoms with van der Waals surface area (Å²) in [6.45, 7) is 1.93. The smallest absolute Gasteiger partial charge is 0.229 e. The first-order valence-electron chi connectivity index (χ1n) is 11.2. The van der Waals surface area contributed by atoms with Crippen LogP contribution in [0.1, 0.15) is 28.8 Å². The summed E-state index contributed by atoms with van der Waals surface area (Å²) in [6.07, 6.45) is 2.06. The maximum atomic E-state index is 13.3. The summed E-state index contributed by atoms with van der Waals surface area (Å²) in [4.78, 5) is 35.9. The summed E-state index contributed by atoms with van der Waals surface area (Å²) < 4.78 is 1.06. The molecule has 168 valence electrons. The number of hydrogen-bond acceptors (Lipinski definition) is 5. The highest BCUT2D eigenvalue weighted by Gasteiger charge is 2.24. The molecule has 2 amide bonds. The molecule has 2 aromatic heterocycles. The van der Waals surface area contributed by atoms with Crippen molar-refractivity contribution in [2.24, 2.45) is 0 Å². The van der Waals surface area contributed by atoms with Gasteiger partial charge in [0, 0.05) is 37.4 Å². The molecule has 1 aliphatic heterocycles. The SMILES string of the molecule is O=C(CCC(=O)N(CCc1ccccc1)c1nc2ccccc2s1)N1CCc2sccc2C1. The second-order valence-electron chi connectivity index (χ2n) is 8.18. The Kier molecular flexibility index (Phi) is 6.51. The fourth-order valence-corrected chi connectivity index (χ4v) is 6.05. The summed E-state index contributed by atoms with van der Waals surface area (Å²) in [5.41, 5.74) is 3.31. The van der Waals surface area contributed by atoms with Crippen molar-refractivity contribution in [1.29, 1.82) is 0 Å². The number of aromatic nitrogens is 1. The summed E-state index contributed by atoms with van der Waals surface area (Å²) in [5, 5.41) is 2.79. The molecule has 3 heterocycles. The van der Waals surface area contributed by atoms with E-state index in [4.69, 9.17) is 4.98 Å². The van der Waals surface area contributed by atoms with Gasteiger partial charge in [-0.1, -0.05) is 53.8 Å². The normalized spacial score (nSPS) is 13.2. The zero-order chi connectivity index (χ0) is 22.6. The number of rotatable bonds is 7. The highest BCUT2D eigenvalue weighted by molar-refractivity contribution is 7.22. The van der Waals surface area contributed by atoms with E-state index in [2.05, 4.69) is 23.6 Å². The summed E-state index contributed by atoms with van der Waals surface area (Å²) in [7, 11) is 0. The molecule has 0 unspecified atom stereocenters. The van der Waals surface area contributed by atoms with Crippen LogP contribution in [0.4, 0.5) is 5.13 Å². The highest BCUT2D eigenvalue weighted by atomic mass is 32.1. The third-order valence-corrected chi connectivity index (χ3v) is 8.08. The van der Waals surface area contributed by atoms with Crippen molar-refractivity contribution in [3.8, 4) is 0 Å². The summed E-state index contributed by atoms with van der Waals surface area (Å²) in [5.74, 6) is -0.000853. The van der Waals surface area contributed by atoms with Gasteiger partial charge >= 0.3 is 0 Å². The fraction of sp³-hybridized carbons (Fsp3) is 0.269. The van der Waals surface area contributed by atoms with Gasteiger partial charge in [-0.3, -0.25) is 14.5 Å². The fourth-order valence-electron chi connectivity index (χ4n) is 4.16. The van der Waals surface area contributed by atoms with Gasteiger partial charge in [-0.05, 0) is 47.5 Å². The van der Waals surface area contributed by atoms with Crippen LogP contribution in [-0.2, 0) is 29.0 Å². The quantitative estimate of drug-likeness (QED) is 0.365. The van der Waals surface area contributed by atoms with E-state index in [1.807, 2.05) is 47.4 Å². The Hall–Kier alpha value is -3.03. The van der Waals surface area contributed by atoms with E-state index in [0.29, 0.717) is 18.2 Å². The minimum absolute atomic E-state index is 0.0486. The van der Waals surface area contributed by atoms with Crippen molar-refractivity contribution >= 4 is 49.8 Å². The van der Waals surface area contributed by atoms with Crippen molar-refractivity contribution in [1.82, 2.24) is 9.88 Å². The van der Waals surface area contributed by atoms with E-state index in [1.165, 1.54) is 27.3 Å². The molecule has 0 atom stereocenters. The van der Waals surface area contributed by atoms with E-state index < -0.39 is 0 Å². The zero-order valence-electron chi connectivity index (χ0n) is 18.3. The van der Waals surface area contributed by atoms with Gasteiger partial charge in [0.25, 0.3) is 0 Å². The summed E-state index contributed by atoms with van der Waals surface area (Å²) >= 11 is 3.28. The lowest BCUT2D eigenvalue weighted by atomic mass is 10.1. The van der Waals surface area contributed by atoms with Crippen LogP contribution in [0.15, 0.2) is 66.0 Å². The van der Waals surface area contributed by atoms with E-state index >= 15 is 0 Å². The van der Waals surface area contributed by atoms with Gasteiger partial charge in [0.1, 0.15) is 0 Å². The van der Waals surface area contributed by atoms with Gasteiger partial charge < -0.3 is 4.90 Å². The lowest BCUT2D eigenvalue weighted by molar-refractivity contribution is -0.134. The Labute approximate surface area is 201 Å². The molecule has 0 spiro atoms. The van der Waals surface area contributed by atoms with Crippen LogP contribution >= 0.6 is 22.7 Å². The Balaban J connectivity index is 1.28. The van der Waals surface area contributed by atoms with Crippen LogP contribution in [0.25, 0.3) is 10.2 Å². The van der Waals surface area contributed by atoms with Crippen LogP contribution in [-0.4, -0.2) is 34.8 Å². The molecule has 0 N–H and O–H groups in total. The maximum Gasteiger partial charge on any atom is 0.229 e. The number of para-hydroxylation sites is 1. The van der Waals surface area contributed by atoms with E-state index in [9.17, 15) is 9.59 Å². The molecule has 1 aliphatic rings. The first-order valence-corrected chi connectivity index (χ1v) is 12.9. The second kappa shape index (κ2) is 9.85. The highest BCUT2D eigenvalue weighted by Crippen LogP contribution is 2.30. The molecule has 0 bridgehead atoms. The predicted octanol–water partition coefficient (Wildman–Crippen LogP) is 5.30. The third-order valence-electron chi connectivity index (χ3n) is 5.99. The number of thiophene rings is 1. The largest absolute Gasteiger partial charge is 0.338 e. The van der Waals surface area contributed by atoms with Gasteiger partial charge in [0.05, 0.1) is 10.2 Å². The molecule has 0 saturated heterocycles. The Morgan fingerprint density at radius 2 is 1.82 bits per heavy atom. The molecular formula is C26H25N3O2S2. The standard InChI is InChI=1S/C26H25N3O2S2/c30-24(28-15-13-22-20(18-28)14-17-32-22)10-11-25(31)29(16-12-19-6-2-1-3-7-19)26-27-21-8-4-5-9-23(21)33-26/h1-9,14,17H,10-13,15-16,18H2. The first-order chi connectivity index (χ1) is 16.2. The van der Waals surface area contributed by atoms with Gasteiger partial charge in [-0.15, -0.1) is 11.3 Å². The number of nitrogens with zero attached hydrogens (tertiary/aromatic N) is 3. The van der Waals surface area contributed by atoms with Crippen molar-refractivity contribution < 1.29 is 9.59 Å². The molecule has 0 radical (unpaired) electrons. The van der Waals surface area contributed by atoms with Crippen LogP contribution in [0.2, 0.25) is 0 Å². The zero-order valence-corrected chi connectivity index (χ0v) is 19.9. The first kappa shape index (κ1) is 21.8. The van der Waals surface area contributed by atoms with E-state index in [1.54, 1.807) is 16.2 Å². The molecule has 5 rings (SSSR count). The number of amides is 2. The molecule has 7 heteroatoms. The molecule has 33 heavy (non-hydrogen) atoms. The van der Waals surface area contributed by atoms with Crippen LogP contribution < -0.4 is 4.90 Å². The van der Waals surface area contributed by atoms with Gasteiger partial charge in [0.15, 0.2) is 5.13 Å². The number of thiazole rings is 1. The molecule has 2 aromatic carbocycles. The minimum Gasteiger partial charge on any atom is -0.338 e. The van der Waals surface area contributed by atoms with Gasteiger partial charge in [0.2, 0.25) is 11.8 Å². The Morgan fingerprint density at radius 3 is 2.67 bits per heavy atom. The van der Waals surface area contributed by atoms with E-state index in [-0.39, 0.29) is 24.7 Å². The number of benzene rings is 2. The molecular weight excluding hydrogens is 450 g/mol. The topological polar surface area (TPSA) is 53.5 Å².